The van der Waals surface area contributed by atoms with Crippen molar-refractivity contribution in [1.29, 1.82) is 0 Å². The van der Waals surface area contributed by atoms with Gasteiger partial charge >= 0.3 is 0 Å². The summed E-state index contributed by atoms with van der Waals surface area (Å²) < 4.78 is 5.47. The fourth-order valence-electron chi connectivity index (χ4n) is 2.60. The Bertz CT molecular complexity index is 695. The van der Waals surface area contributed by atoms with Crippen molar-refractivity contribution in [3.05, 3.63) is 72.3 Å². The molecule has 0 radical (unpaired) electrons. The molecule has 0 spiro atoms. The van der Waals surface area contributed by atoms with Crippen molar-refractivity contribution in [3.8, 4) is 5.75 Å². The second-order valence-corrected chi connectivity index (χ2v) is 5.97. The number of carbonyl (C=O) groups is 1. The zero-order valence-electron chi connectivity index (χ0n) is 15.0. The van der Waals surface area contributed by atoms with Crippen LogP contribution in [0.15, 0.2) is 61.2 Å². The van der Waals surface area contributed by atoms with Crippen LogP contribution in [0, 0.1) is 0 Å². The van der Waals surface area contributed by atoms with Gasteiger partial charge in [0.05, 0.1) is 6.54 Å². The first kappa shape index (κ1) is 18.7. The summed E-state index contributed by atoms with van der Waals surface area (Å²) in [5, 5.41) is 3.00. The van der Waals surface area contributed by atoms with Crippen LogP contribution in [0.25, 0.3) is 0 Å². The third-order valence-corrected chi connectivity index (χ3v) is 3.83. The molecule has 1 amide bonds. The summed E-state index contributed by atoms with van der Waals surface area (Å²) in [7, 11) is 1.94. The average Bonchev–Trinajstić information content (AvgIpc) is 2.61. The Morgan fingerprint density at radius 1 is 1.20 bits per heavy atom. The predicted octanol–water partition coefficient (Wildman–Crippen LogP) is 3.88. The van der Waals surface area contributed by atoms with E-state index in [4.69, 9.17) is 4.74 Å². The second kappa shape index (κ2) is 9.64. The number of carbonyl (C=O) groups excluding carboxylic acids is 1. The zero-order chi connectivity index (χ0) is 18.1. The first-order valence-corrected chi connectivity index (χ1v) is 8.51. The first-order valence-electron chi connectivity index (χ1n) is 8.51. The molecular weight excluding hydrogens is 312 g/mol. The molecule has 132 valence electrons. The van der Waals surface area contributed by atoms with Gasteiger partial charge in [0.2, 0.25) is 5.91 Å². The van der Waals surface area contributed by atoms with Gasteiger partial charge in [-0.3, -0.25) is 9.69 Å². The fraction of sp³-hybridized carbons (Fsp3) is 0.286. The van der Waals surface area contributed by atoms with E-state index in [-0.39, 0.29) is 5.91 Å². The molecule has 2 aromatic rings. The van der Waals surface area contributed by atoms with E-state index < -0.39 is 0 Å². The molecule has 4 nitrogen and oxygen atoms in total. The lowest BCUT2D eigenvalue weighted by Crippen LogP contribution is -2.30. The molecule has 0 bridgehead atoms. The Labute approximate surface area is 150 Å². The molecular formula is C21H26N2O2. The Morgan fingerprint density at radius 2 is 1.92 bits per heavy atom. The molecule has 0 saturated carbocycles. The molecule has 2 aromatic carbocycles. The van der Waals surface area contributed by atoms with E-state index in [0.29, 0.717) is 19.7 Å². The number of ether oxygens (including phenoxy) is 1. The molecule has 0 aliphatic heterocycles. The van der Waals surface area contributed by atoms with Crippen LogP contribution in [0.3, 0.4) is 0 Å². The minimum absolute atomic E-state index is 0.00524. The van der Waals surface area contributed by atoms with Crippen molar-refractivity contribution in [3.63, 3.8) is 0 Å². The van der Waals surface area contributed by atoms with Crippen LogP contribution in [0.4, 0.5) is 5.69 Å². The van der Waals surface area contributed by atoms with Gasteiger partial charge in [0.25, 0.3) is 0 Å². The van der Waals surface area contributed by atoms with Crippen molar-refractivity contribution in [2.45, 2.75) is 19.9 Å². The number of hydrogen-bond acceptors (Lipinski definition) is 3. The molecule has 25 heavy (non-hydrogen) atoms. The maximum absolute atomic E-state index is 12.3. The van der Waals surface area contributed by atoms with Gasteiger partial charge in [-0.05, 0) is 42.8 Å². The van der Waals surface area contributed by atoms with E-state index in [1.54, 1.807) is 6.08 Å². The quantitative estimate of drug-likeness (QED) is 0.706. The van der Waals surface area contributed by atoms with Crippen LogP contribution < -0.4 is 10.1 Å². The summed E-state index contributed by atoms with van der Waals surface area (Å²) in [6.45, 7) is 7.25. The van der Waals surface area contributed by atoms with Crippen LogP contribution in [-0.4, -0.2) is 31.0 Å². The fourth-order valence-corrected chi connectivity index (χ4v) is 2.60. The lowest BCUT2D eigenvalue weighted by atomic mass is 10.1. The minimum Gasteiger partial charge on any atom is -0.490 e. The molecule has 0 unspecified atom stereocenters. The summed E-state index contributed by atoms with van der Waals surface area (Å²) in [5.74, 6) is 0.814. The average molecular weight is 338 g/mol. The second-order valence-electron chi connectivity index (χ2n) is 5.97. The van der Waals surface area contributed by atoms with Crippen LogP contribution in [0.5, 0.6) is 5.75 Å². The highest BCUT2D eigenvalue weighted by Crippen LogP contribution is 2.16. The van der Waals surface area contributed by atoms with Crippen molar-refractivity contribution >= 4 is 11.6 Å². The molecule has 0 heterocycles. The third kappa shape index (κ3) is 6.08. The maximum atomic E-state index is 12.3. The third-order valence-electron chi connectivity index (χ3n) is 3.83. The number of aryl methyl sites for hydroxylation is 1. The molecule has 4 heteroatoms. The van der Waals surface area contributed by atoms with E-state index in [1.807, 2.05) is 60.5 Å². The van der Waals surface area contributed by atoms with Crippen LogP contribution in [0.2, 0.25) is 0 Å². The van der Waals surface area contributed by atoms with E-state index in [1.165, 1.54) is 0 Å². The molecule has 0 aromatic heterocycles. The summed E-state index contributed by atoms with van der Waals surface area (Å²) in [6, 6.07) is 15.8. The predicted molar refractivity (Wildman–Crippen MR) is 103 cm³/mol. The lowest BCUT2D eigenvalue weighted by molar-refractivity contribution is -0.117. The number of likely N-dealkylation sites (N-methyl/N-ethyl adjacent to an activating group) is 1. The van der Waals surface area contributed by atoms with Gasteiger partial charge in [0.1, 0.15) is 12.4 Å². The molecule has 0 saturated heterocycles. The van der Waals surface area contributed by atoms with Crippen LogP contribution in [0.1, 0.15) is 18.1 Å². The highest BCUT2D eigenvalue weighted by molar-refractivity contribution is 5.92. The van der Waals surface area contributed by atoms with Crippen molar-refractivity contribution in [2.75, 3.05) is 25.5 Å². The Balaban J connectivity index is 1.85. The number of amides is 1. The molecule has 0 fully saturated rings. The molecule has 1 N–H and O–H groups in total. The number of anilines is 1. The molecule has 0 aliphatic carbocycles. The number of nitrogens with zero attached hydrogens (tertiary/aromatic N) is 1. The van der Waals surface area contributed by atoms with E-state index in [2.05, 4.69) is 18.8 Å². The standard InChI is InChI=1S/C21H26N2O2/c1-4-14-25-19-12-10-17(11-13-19)15-23(3)16-21(24)22-20-9-7-6-8-18(20)5-2/h4,6-13H,1,5,14-16H2,2-3H3,(H,22,24). The van der Waals surface area contributed by atoms with E-state index in [0.717, 1.165) is 29.0 Å². The number of benzene rings is 2. The Hall–Kier alpha value is -2.59. The monoisotopic (exact) mass is 338 g/mol. The Morgan fingerprint density at radius 3 is 2.60 bits per heavy atom. The largest absolute Gasteiger partial charge is 0.490 e. The highest BCUT2D eigenvalue weighted by Gasteiger charge is 2.09. The number of para-hydroxylation sites is 1. The summed E-state index contributed by atoms with van der Waals surface area (Å²) in [5.41, 5.74) is 3.18. The first-order chi connectivity index (χ1) is 12.1. The number of rotatable bonds is 9. The highest BCUT2D eigenvalue weighted by atomic mass is 16.5. The number of nitrogens with one attached hydrogen (secondary N) is 1. The Kier molecular flexibility index (Phi) is 7.23. The van der Waals surface area contributed by atoms with Crippen LogP contribution in [-0.2, 0) is 17.8 Å². The van der Waals surface area contributed by atoms with Gasteiger partial charge in [-0.15, -0.1) is 0 Å². The minimum atomic E-state index is -0.00524. The maximum Gasteiger partial charge on any atom is 0.238 e. The van der Waals surface area contributed by atoms with Crippen molar-refractivity contribution in [2.24, 2.45) is 0 Å². The smallest absolute Gasteiger partial charge is 0.238 e. The van der Waals surface area contributed by atoms with E-state index >= 15 is 0 Å². The van der Waals surface area contributed by atoms with Crippen molar-refractivity contribution in [1.82, 2.24) is 4.90 Å². The van der Waals surface area contributed by atoms with Gasteiger partial charge in [0.15, 0.2) is 0 Å². The van der Waals surface area contributed by atoms with Gasteiger partial charge in [0, 0.05) is 12.2 Å². The molecule has 2 rings (SSSR count). The molecule has 0 atom stereocenters. The van der Waals surface area contributed by atoms with E-state index in [9.17, 15) is 4.79 Å². The SMILES string of the molecule is C=CCOc1ccc(CN(C)CC(=O)Nc2ccccc2CC)cc1. The van der Waals surface area contributed by atoms with Gasteiger partial charge in [-0.1, -0.05) is 49.9 Å². The van der Waals surface area contributed by atoms with Gasteiger partial charge in [-0.25, -0.2) is 0 Å². The lowest BCUT2D eigenvalue weighted by Gasteiger charge is -2.17. The van der Waals surface area contributed by atoms with Gasteiger partial charge in [-0.2, -0.15) is 0 Å². The normalized spacial score (nSPS) is 10.5. The molecule has 0 aliphatic rings. The number of hydrogen-bond donors (Lipinski definition) is 1. The summed E-state index contributed by atoms with van der Waals surface area (Å²) >= 11 is 0. The summed E-state index contributed by atoms with van der Waals surface area (Å²) in [4.78, 5) is 14.3. The van der Waals surface area contributed by atoms with Crippen LogP contribution >= 0.6 is 0 Å². The topological polar surface area (TPSA) is 41.6 Å². The van der Waals surface area contributed by atoms with Crippen molar-refractivity contribution < 1.29 is 9.53 Å². The zero-order valence-corrected chi connectivity index (χ0v) is 15.0. The van der Waals surface area contributed by atoms with Gasteiger partial charge < -0.3 is 10.1 Å². The summed E-state index contributed by atoms with van der Waals surface area (Å²) in [6.07, 6.45) is 2.61.